The van der Waals surface area contributed by atoms with Crippen LogP contribution in [0.3, 0.4) is 0 Å². The van der Waals surface area contributed by atoms with E-state index in [1.54, 1.807) is 0 Å². The normalized spacial score (nSPS) is 15.0. The van der Waals surface area contributed by atoms with Gasteiger partial charge >= 0.3 is 0 Å². The van der Waals surface area contributed by atoms with Crippen molar-refractivity contribution in [3.05, 3.63) is 11.4 Å². The quantitative estimate of drug-likeness (QED) is 0.828. The van der Waals surface area contributed by atoms with Gasteiger partial charge in [-0.15, -0.1) is 0 Å². The zero-order valence-corrected chi connectivity index (χ0v) is 13.4. The number of nitrogens with zero attached hydrogens (tertiary/aromatic N) is 3. The molecule has 1 aliphatic carbocycles. The van der Waals surface area contributed by atoms with Gasteiger partial charge in [0, 0.05) is 32.1 Å². The van der Waals surface area contributed by atoms with Crippen LogP contribution in [-0.4, -0.2) is 30.1 Å². The minimum absolute atomic E-state index is 0.858. The first-order valence-corrected chi connectivity index (χ1v) is 7.99. The van der Waals surface area contributed by atoms with E-state index in [1.165, 1.54) is 24.8 Å². The van der Waals surface area contributed by atoms with E-state index in [-0.39, 0.29) is 0 Å². The largest absolute Gasteiger partial charge is 0.373 e. The molecular formula is C16H28N4. The van der Waals surface area contributed by atoms with Gasteiger partial charge in [0.25, 0.3) is 0 Å². The maximum atomic E-state index is 4.83. The monoisotopic (exact) mass is 276 g/mol. The maximum Gasteiger partial charge on any atom is 0.137 e. The second kappa shape index (κ2) is 6.91. The minimum Gasteiger partial charge on any atom is -0.373 e. The number of hydrogen-bond acceptors (Lipinski definition) is 4. The Morgan fingerprint density at radius 2 is 2.00 bits per heavy atom. The van der Waals surface area contributed by atoms with Crippen molar-refractivity contribution < 1.29 is 0 Å². The molecule has 0 amide bonds. The first kappa shape index (κ1) is 15.1. The summed E-state index contributed by atoms with van der Waals surface area (Å²) in [4.78, 5) is 11.9. The predicted octanol–water partition coefficient (Wildman–Crippen LogP) is 3.41. The molecular weight excluding hydrogens is 248 g/mol. The summed E-state index contributed by atoms with van der Waals surface area (Å²) in [6, 6.07) is 0. The molecule has 4 nitrogen and oxygen atoms in total. The third kappa shape index (κ3) is 3.22. The molecule has 1 saturated carbocycles. The summed E-state index contributed by atoms with van der Waals surface area (Å²) < 4.78 is 0. The van der Waals surface area contributed by atoms with E-state index >= 15 is 0 Å². The highest BCUT2D eigenvalue weighted by Gasteiger charge is 2.22. The van der Waals surface area contributed by atoms with Gasteiger partial charge in [0.05, 0.1) is 0 Å². The van der Waals surface area contributed by atoms with E-state index < -0.39 is 0 Å². The topological polar surface area (TPSA) is 41.1 Å². The van der Waals surface area contributed by atoms with E-state index in [0.717, 1.165) is 49.3 Å². The number of rotatable bonds is 7. The first-order chi connectivity index (χ1) is 9.69. The Kier molecular flexibility index (Phi) is 5.21. The van der Waals surface area contributed by atoms with Gasteiger partial charge in [-0.2, -0.15) is 0 Å². The average Bonchev–Trinajstić information content (AvgIpc) is 2.40. The molecule has 0 radical (unpaired) electrons. The Bertz CT molecular complexity index is 440. The molecule has 1 fully saturated rings. The zero-order chi connectivity index (χ0) is 14.5. The Morgan fingerprint density at radius 1 is 1.25 bits per heavy atom. The van der Waals surface area contributed by atoms with Crippen LogP contribution >= 0.6 is 0 Å². The second-order valence-corrected chi connectivity index (χ2v) is 5.77. The molecule has 2 rings (SSSR count). The molecule has 112 valence electrons. The molecule has 0 aliphatic heterocycles. The van der Waals surface area contributed by atoms with Crippen molar-refractivity contribution in [1.82, 2.24) is 9.97 Å². The summed E-state index contributed by atoms with van der Waals surface area (Å²) in [6.45, 7) is 8.68. The molecule has 4 heteroatoms. The molecule has 0 unspecified atom stereocenters. The summed E-state index contributed by atoms with van der Waals surface area (Å²) in [5, 5.41) is 3.22. The minimum atomic E-state index is 0.858. The third-order valence-corrected chi connectivity index (χ3v) is 4.26. The first-order valence-electron chi connectivity index (χ1n) is 7.99. The van der Waals surface area contributed by atoms with Gasteiger partial charge < -0.3 is 10.2 Å². The average molecular weight is 276 g/mol. The third-order valence-electron chi connectivity index (χ3n) is 4.26. The van der Waals surface area contributed by atoms with Crippen LogP contribution in [0.25, 0.3) is 0 Å². The molecule has 0 atom stereocenters. The fourth-order valence-electron chi connectivity index (χ4n) is 2.79. The van der Waals surface area contributed by atoms with Crippen molar-refractivity contribution in [2.75, 3.05) is 30.4 Å². The lowest BCUT2D eigenvalue weighted by Gasteiger charge is -2.33. The second-order valence-electron chi connectivity index (χ2n) is 5.77. The Hall–Kier alpha value is -1.32. The lowest BCUT2D eigenvalue weighted by molar-refractivity contribution is 0.318. The Morgan fingerprint density at radius 3 is 2.50 bits per heavy atom. The van der Waals surface area contributed by atoms with Gasteiger partial charge in [0.1, 0.15) is 17.5 Å². The van der Waals surface area contributed by atoms with E-state index in [0.29, 0.717) is 0 Å². The molecule has 1 heterocycles. The van der Waals surface area contributed by atoms with Crippen LogP contribution < -0.4 is 10.2 Å². The highest BCUT2D eigenvalue weighted by Crippen LogP contribution is 2.30. The van der Waals surface area contributed by atoms with Crippen molar-refractivity contribution in [3.63, 3.8) is 0 Å². The number of aromatic nitrogens is 2. The lowest BCUT2D eigenvalue weighted by Crippen LogP contribution is -2.34. The number of nitrogens with one attached hydrogen (secondary N) is 1. The molecule has 0 aromatic carbocycles. The van der Waals surface area contributed by atoms with Gasteiger partial charge in [0.2, 0.25) is 0 Å². The van der Waals surface area contributed by atoms with Crippen LogP contribution in [0.2, 0.25) is 0 Å². The molecule has 1 aromatic heterocycles. The van der Waals surface area contributed by atoms with Gasteiger partial charge in [0.15, 0.2) is 0 Å². The van der Waals surface area contributed by atoms with Gasteiger partial charge in [-0.05, 0) is 39.0 Å². The van der Waals surface area contributed by atoms with Crippen LogP contribution in [0.15, 0.2) is 0 Å². The lowest BCUT2D eigenvalue weighted by atomic mass is 9.85. The van der Waals surface area contributed by atoms with Gasteiger partial charge in [-0.3, -0.25) is 0 Å². The number of aryl methyl sites for hydroxylation is 1. The van der Waals surface area contributed by atoms with Crippen LogP contribution in [0.4, 0.5) is 11.6 Å². The van der Waals surface area contributed by atoms with Crippen molar-refractivity contribution in [3.8, 4) is 0 Å². The maximum absolute atomic E-state index is 4.83. The van der Waals surface area contributed by atoms with Gasteiger partial charge in [-0.25, -0.2) is 9.97 Å². The van der Waals surface area contributed by atoms with Crippen LogP contribution in [0, 0.1) is 12.8 Å². The Labute approximate surface area is 123 Å². The van der Waals surface area contributed by atoms with E-state index in [1.807, 2.05) is 7.05 Å². The highest BCUT2D eigenvalue weighted by molar-refractivity contribution is 5.58. The molecule has 0 bridgehead atoms. The Balaban J connectivity index is 2.27. The summed E-state index contributed by atoms with van der Waals surface area (Å²) in [6.07, 6.45) is 6.18. The summed E-state index contributed by atoms with van der Waals surface area (Å²) in [5.41, 5.74) is 1.17. The van der Waals surface area contributed by atoms with Crippen molar-refractivity contribution in [2.45, 2.75) is 52.9 Å². The molecule has 1 N–H and O–H groups in total. The van der Waals surface area contributed by atoms with Crippen LogP contribution in [0.5, 0.6) is 0 Å². The molecule has 1 aliphatic rings. The van der Waals surface area contributed by atoms with Crippen molar-refractivity contribution in [2.24, 2.45) is 5.92 Å². The fraction of sp³-hybridized carbons (Fsp3) is 0.750. The molecule has 0 spiro atoms. The van der Waals surface area contributed by atoms with E-state index in [9.17, 15) is 0 Å². The SMILES string of the molecule is CCCc1nc(NC)c(C)c(N(CC)CC2CCC2)n1. The van der Waals surface area contributed by atoms with Crippen molar-refractivity contribution >= 4 is 11.6 Å². The van der Waals surface area contributed by atoms with Crippen LogP contribution in [0.1, 0.15) is 50.9 Å². The summed E-state index contributed by atoms with van der Waals surface area (Å²) >= 11 is 0. The standard InChI is InChI=1S/C16H28N4/c1-5-8-14-18-15(17-4)12(3)16(19-14)20(6-2)11-13-9-7-10-13/h13H,5-11H2,1-4H3,(H,17,18,19). The molecule has 20 heavy (non-hydrogen) atoms. The van der Waals surface area contributed by atoms with Gasteiger partial charge in [-0.1, -0.05) is 13.3 Å². The summed E-state index contributed by atoms with van der Waals surface area (Å²) in [5.74, 6) is 3.93. The summed E-state index contributed by atoms with van der Waals surface area (Å²) in [7, 11) is 1.94. The van der Waals surface area contributed by atoms with E-state index in [2.05, 4.69) is 36.0 Å². The number of hydrogen-bond donors (Lipinski definition) is 1. The molecule has 1 aromatic rings. The van der Waals surface area contributed by atoms with Crippen LogP contribution in [-0.2, 0) is 6.42 Å². The zero-order valence-electron chi connectivity index (χ0n) is 13.4. The predicted molar refractivity (Wildman–Crippen MR) is 85.5 cm³/mol. The van der Waals surface area contributed by atoms with Crippen molar-refractivity contribution in [1.29, 1.82) is 0 Å². The fourth-order valence-corrected chi connectivity index (χ4v) is 2.79. The highest BCUT2D eigenvalue weighted by atomic mass is 15.2. The molecule has 0 saturated heterocycles. The smallest absolute Gasteiger partial charge is 0.137 e. The van der Waals surface area contributed by atoms with E-state index in [4.69, 9.17) is 4.98 Å². The number of anilines is 2.